The Morgan fingerprint density at radius 3 is 2.44 bits per heavy atom. The fourth-order valence-corrected chi connectivity index (χ4v) is 1.94. The van der Waals surface area contributed by atoms with Crippen molar-refractivity contribution in [2.75, 3.05) is 12.8 Å². The maximum Gasteiger partial charge on any atom is 0.329 e. The first-order valence-corrected chi connectivity index (χ1v) is 7.51. The van der Waals surface area contributed by atoms with E-state index in [9.17, 15) is 13.8 Å². The zero-order chi connectivity index (χ0) is 13.9. The molecule has 0 radical (unpaired) electrons. The topological polar surface area (TPSA) is 95.5 Å². The number of rotatable bonds is 6. The van der Waals surface area contributed by atoms with Crippen LogP contribution in [0, 0.1) is 5.92 Å². The Balaban J connectivity index is 2.48. The van der Waals surface area contributed by atoms with Gasteiger partial charge in [-0.25, -0.2) is 9.59 Å². The lowest BCUT2D eigenvalue weighted by Crippen LogP contribution is -2.57. The number of aliphatic carboxylic acids is 1. The van der Waals surface area contributed by atoms with Gasteiger partial charge in [0.15, 0.2) is 0 Å². The number of hydrogen-bond acceptors (Lipinski definition) is 3. The summed E-state index contributed by atoms with van der Waals surface area (Å²) < 4.78 is 11.1. The molecule has 0 aromatic rings. The Bertz CT molecular complexity index is 370. The molecule has 0 saturated heterocycles. The van der Waals surface area contributed by atoms with Gasteiger partial charge in [-0.3, -0.25) is 4.21 Å². The first-order valence-electron chi connectivity index (χ1n) is 5.89. The van der Waals surface area contributed by atoms with Crippen LogP contribution < -0.4 is 10.6 Å². The van der Waals surface area contributed by atoms with Gasteiger partial charge in [0.2, 0.25) is 0 Å². The number of carbonyl (C=O) groups excluding carboxylic acids is 1. The van der Waals surface area contributed by atoms with Crippen LogP contribution in [0.2, 0.25) is 0 Å². The lowest BCUT2D eigenvalue weighted by atomic mass is 9.96. The summed E-state index contributed by atoms with van der Waals surface area (Å²) in [5, 5.41) is 14.1. The zero-order valence-electron chi connectivity index (χ0n) is 10.9. The van der Waals surface area contributed by atoms with Crippen LogP contribution in [0.25, 0.3) is 0 Å². The lowest BCUT2D eigenvalue weighted by Gasteiger charge is -2.26. The third-order valence-electron chi connectivity index (χ3n) is 3.33. The smallest absolute Gasteiger partial charge is 0.329 e. The van der Waals surface area contributed by atoms with Gasteiger partial charge < -0.3 is 15.7 Å². The van der Waals surface area contributed by atoms with E-state index in [2.05, 4.69) is 10.6 Å². The Labute approximate surface area is 109 Å². The molecular weight excluding hydrogens is 256 g/mol. The Hall–Kier alpha value is -1.11. The average Bonchev–Trinajstić information content (AvgIpc) is 3.08. The van der Waals surface area contributed by atoms with Crippen LogP contribution in [0.4, 0.5) is 4.79 Å². The minimum absolute atomic E-state index is 0.00141. The van der Waals surface area contributed by atoms with Crippen LogP contribution in [0.15, 0.2) is 0 Å². The Kier molecular flexibility index (Phi) is 4.72. The standard InChI is InChI=1S/C11H20N2O4S/c1-7(18(3)17)6-12-10(16)13-11(2,9(14)15)8-4-5-8/h7-8H,4-6H2,1-3H3,(H,14,15)(H2,12,13,16). The van der Waals surface area contributed by atoms with Crippen molar-refractivity contribution in [2.45, 2.75) is 37.5 Å². The molecule has 2 amide bonds. The number of carboxylic acids is 1. The number of nitrogens with one attached hydrogen (secondary N) is 2. The van der Waals surface area contributed by atoms with E-state index in [0.717, 1.165) is 12.8 Å². The highest BCUT2D eigenvalue weighted by molar-refractivity contribution is 7.84. The van der Waals surface area contributed by atoms with E-state index in [1.165, 1.54) is 6.92 Å². The van der Waals surface area contributed by atoms with Crippen LogP contribution in [0.3, 0.4) is 0 Å². The van der Waals surface area contributed by atoms with Gasteiger partial charge in [-0.1, -0.05) is 0 Å². The third-order valence-corrected chi connectivity index (χ3v) is 4.63. The van der Waals surface area contributed by atoms with Crippen LogP contribution in [-0.2, 0) is 15.6 Å². The second-order valence-corrected chi connectivity index (χ2v) is 6.73. The quantitative estimate of drug-likeness (QED) is 0.650. The largest absolute Gasteiger partial charge is 0.480 e. The summed E-state index contributed by atoms with van der Waals surface area (Å²) in [6.45, 7) is 3.54. The highest BCUT2D eigenvalue weighted by Gasteiger charge is 2.48. The van der Waals surface area contributed by atoms with E-state index >= 15 is 0 Å². The molecular formula is C11H20N2O4S. The molecule has 3 N–H and O–H groups in total. The predicted molar refractivity (Wildman–Crippen MR) is 68.8 cm³/mol. The molecule has 0 aromatic carbocycles. The first kappa shape index (κ1) is 14.9. The van der Waals surface area contributed by atoms with Crippen LogP contribution in [0.1, 0.15) is 26.7 Å². The van der Waals surface area contributed by atoms with Gasteiger partial charge in [0.25, 0.3) is 0 Å². The highest BCUT2D eigenvalue weighted by Crippen LogP contribution is 2.39. The van der Waals surface area contributed by atoms with Crippen molar-refractivity contribution in [3.05, 3.63) is 0 Å². The van der Waals surface area contributed by atoms with Gasteiger partial charge in [0, 0.05) is 28.9 Å². The first-order chi connectivity index (χ1) is 8.27. The van der Waals surface area contributed by atoms with Crippen molar-refractivity contribution in [2.24, 2.45) is 5.92 Å². The molecule has 1 aliphatic carbocycles. The van der Waals surface area contributed by atoms with Crippen molar-refractivity contribution < 1.29 is 18.9 Å². The van der Waals surface area contributed by atoms with Crippen LogP contribution in [-0.4, -0.2) is 44.9 Å². The second-order valence-electron chi connectivity index (χ2n) is 4.93. The summed E-state index contributed by atoms with van der Waals surface area (Å²) in [5.74, 6) is -1.02. The summed E-state index contributed by atoms with van der Waals surface area (Å²) in [4.78, 5) is 22.8. The van der Waals surface area contributed by atoms with Crippen molar-refractivity contribution >= 4 is 22.8 Å². The molecule has 0 aromatic heterocycles. The summed E-state index contributed by atoms with van der Waals surface area (Å²) in [6, 6.07) is -0.524. The van der Waals surface area contributed by atoms with Gasteiger partial charge >= 0.3 is 12.0 Å². The Morgan fingerprint density at radius 2 is 2.06 bits per heavy atom. The monoisotopic (exact) mass is 276 g/mol. The predicted octanol–water partition coefficient (Wildman–Crippen LogP) is 0.306. The minimum Gasteiger partial charge on any atom is -0.480 e. The molecule has 104 valence electrons. The summed E-state index contributed by atoms with van der Waals surface area (Å²) in [7, 11) is -1.01. The number of carboxylic acid groups (broad SMARTS) is 1. The zero-order valence-corrected chi connectivity index (χ0v) is 11.7. The van der Waals surface area contributed by atoms with E-state index in [4.69, 9.17) is 5.11 Å². The maximum absolute atomic E-state index is 11.6. The molecule has 0 bridgehead atoms. The molecule has 1 rings (SSSR count). The molecule has 3 unspecified atom stereocenters. The molecule has 0 spiro atoms. The van der Waals surface area contributed by atoms with Crippen molar-refractivity contribution in [1.82, 2.24) is 10.6 Å². The molecule has 6 nitrogen and oxygen atoms in total. The van der Waals surface area contributed by atoms with E-state index in [0.29, 0.717) is 0 Å². The van der Waals surface area contributed by atoms with Crippen molar-refractivity contribution in [3.63, 3.8) is 0 Å². The second kappa shape index (κ2) is 5.69. The molecule has 18 heavy (non-hydrogen) atoms. The van der Waals surface area contributed by atoms with E-state index in [1.807, 2.05) is 0 Å². The summed E-state index contributed by atoms with van der Waals surface area (Å²) in [6.07, 6.45) is 3.20. The van der Waals surface area contributed by atoms with E-state index < -0.39 is 28.3 Å². The molecule has 0 aliphatic heterocycles. The Morgan fingerprint density at radius 1 is 1.50 bits per heavy atom. The van der Waals surface area contributed by atoms with Crippen LogP contribution in [0.5, 0.6) is 0 Å². The van der Waals surface area contributed by atoms with Crippen LogP contribution >= 0.6 is 0 Å². The number of amides is 2. The lowest BCUT2D eigenvalue weighted by molar-refractivity contribution is -0.144. The average molecular weight is 276 g/mol. The number of carbonyl (C=O) groups is 2. The summed E-state index contributed by atoms with van der Waals surface area (Å²) >= 11 is 0. The van der Waals surface area contributed by atoms with Crippen molar-refractivity contribution in [1.29, 1.82) is 0 Å². The normalized spacial score (nSPS) is 21.5. The molecule has 0 heterocycles. The molecule has 1 fully saturated rings. The van der Waals surface area contributed by atoms with Gasteiger partial charge in [0.05, 0.1) is 0 Å². The van der Waals surface area contributed by atoms with Gasteiger partial charge in [-0.05, 0) is 32.6 Å². The molecule has 7 heteroatoms. The fraction of sp³-hybridized carbons (Fsp3) is 0.818. The van der Waals surface area contributed by atoms with Gasteiger partial charge in [-0.15, -0.1) is 0 Å². The molecule has 1 aliphatic rings. The van der Waals surface area contributed by atoms with Gasteiger partial charge in [-0.2, -0.15) is 0 Å². The SMILES string of the molecule is CC(CNC(=O)NC(C)(C(=O)O)C1CC1)S(C)=O. The van der Waals surface area contributed by atoms with E-state index in [-0.39, 0.29) is 17.7 Å². The maximum atomic E-state index is 11.6. The number of urea groups is 1. The van der Waals surface area contributed by atoms with Gasteiger partial charge in [0.1, 0.15) is 5.54 Å². The molecule has 3 atom stereocenters. The molecule has 1 saturated carbocycles. The van der Waals surface area contributed by atoms with E-state index in [1.54, 1.807) is 13.2 Å². The fourth-order valence-electron chi connectivity index (χ4n) is 1.62. The minimum atomic E-state index is -1.21. The van der Waals surface area contributed by atoms with Crippen molar-refractivity contribution in [3.8, 4) is 0 Å². The summed E-state index contributed by atoms with van der Waals surface area (Å²) in [5.41, 5.74) is -1.21. The third kappa shape index (κ3) is 3.69. The number of hydrogen-bond donors (Lipinski definition) is 3. The highest BCUT2D eigenvalue weighted by atomic mass is 32.2.